The molecule has 2 aromatic carbocycles. The first kappa shape index (κ1) is 22.4. The maximum absolute atomic E-state index is 13.0. The lowest BCUT2D eigenvalue weighted by atomic mass is 10.1. The van der Waals surface area contributed by atoms with Gasteiger partial charge in [-0.25, -0.2) is 4.39 Å². The minimum atomic E-state index is -4.59. The molecule has 0 atom stereocenters. The minimum Gasteiger partial charge on any atom is -0.351 e. The van der Waals surface area contributed by atoms with E-state index in [9.17, 15) is 27.2 Å². The van der Waals surface area contributed by atoms with E-state index in [1.165, 1.54) is 35.2 Å². The third kappa shape index (κ3) is 7.19. The highest BCUT2D eigenvalue weighted by Gasteiger charge is 2.33. The van der Waals surface area contributed by atoms with Gasteiger partial charge in [-0.2, -0.15) is 13.2 Å². The van der Waals surface area contributed by atoms with E-state index in [1.54, 1.807) is 19.1 Å². The van der Waals surface area contributed by atoms with Gasteiger partial charge in [-0.1, -0.05) is 31.2 Å². The molecule has 2 rings (SSSR count). The Hall–Kier alpha value is -2.94. The summed E-state index contributed by atoms with van der Waals surface area (Å²) in [4.78, 5) is 25.7. The van der Waals surface area contributed by atoms with E-state index in [4.69, 9.17) is 0 Å². The van der Waals surface area contributed by atoms with Crippen LogP contribution in [0, 0.1) is 5.82 Å². The number of alkyl halides is 3. The average molecular weight is 411 g/mol. The molecule has 9 heteroatoms. The summed E-state index contributed by atoms with van der Waals surface area (Å²) in [6.07, 6.45) is -4.59. The van der Waals surface area contributed by atoms with Gasteiger partial charge in [0.15, 0.2) is 0 Å². The topological polar surface area (TPSA) is 61.4 Å². The van der Waals surface area contributed by atoms with Crippen LogP contribution in [0.25, 0.3) is 0 Å². The van der Waals surface area contributed by atoms with Gasteiger partial charge in [-0.15, -0.1) is 0 Å². The molecule has 0 spiro atoms. The predicted octanol–water partition coefficient (Wildman–Crippen LogP) is 3.42. The molecule has 2 aromatic rings. The Bertz CT molecular complexity index is 838. The molecule has 0 aliphatic carbocycles. The van der Waals surface area contributed by atoms with Crippen molar-refractivity contribution in [1.29, 1.82) is 0 Å². The summed E-state index contributed by atoms with van der Waals surface area (Å²) in [5.41, 5.74) is -0.556. The number of anilines is 1. The zero-order valence-electron chi connectivity index (χ0n) is 15.7. The van der Waals surface area contributed by atoms with Gasteiger partial charge < -0.3 is 10.6 Å². The summed E-state index contributed by atoms with van der Waals surface area (Å²) < 4.78 is 51.9. The molecule has 5 nitrogen and oxygen atoms in total. The normalized spacial score (nSPS) is 11.4. The number of likely N-dealkylation sites (N-methyl/N-ethyl adjacent to an activating group) is 1. The maximum Gasteiger partial charge on any atom is 0.418 e. The molecule has 2 amide bonds. The smallest absolute Gasteiger partial charge is 0.351 e. The number of carbonyl (C=O) groups excluding carboxylic acids is 2. The molecule has 2 N–H and O–H groups in total. The zero-order chi connectivity index (χ0) is 21.4. The molecule has 0 aliphatic rings. The molecule has 156 valence electrons. The van der Waals surface area contributed by atoms with Crippen LogP contribution in [0.3, 0.4) is 0 Å². The Labute approximate surface area is 165 Å². The Morgan fingerprint density at radius 2 is 1.59 bits per heavy atom. The van der Waals surface area contributed by atoms with Gasteiger partial charge in [0.25, 0.3) is 0 Å². The van der Waals surface area contributed by atoms with Crippen molar-refractivity contribution in [2.75, 3.05) is 25.0 Å². The lowest BCUT2D eigenvalue weighted by Crippen LogP contribution is -2.41. The second-order valence-corrected chi connectivity index (χ2v) is 6.30. The van der Waals surface area contributed by atoms with Crippen molar-refractivity contribution < 1.29 is 27.2 Å². The van der Waals surface area contributed by atoms with Crippen molar-refractivity contribution in [3.63, 3.8) is 0 Å². The van der Waals surface area contributed by atoms with Crippen molar-refractivity contribution >= 4 is 17.5 Å². The highest BCUT2D eigenvalue weighted by molar-refractivity contribution is 5.93. The van der Waals surface area contributed by atoms with Gasteiger partial charge in [-0.05, 0) is 36.4 Å². The number of hydrogen-bond acceptors (Lipinski definition) is 3. The van der Waals surface area contributed by atoms with Crippen molar-refractivity contribution in [1.82, 2.24) is 10.2 Å². The fraction of sp³-hybridized carbons (Fsp3) is 0.300. The standard InChI is InChI=1S/C20H21F4N3O2/c1-2-27(12-18(28)25-11-14-7-9-15(21)10-8-14)13-19(29)26-17-6-4-3-5-16(17)20(22,23)24/h3-10H,2,11-13H2,1H3,(H,25,28)(H,26,29). The molecule has 0 heterocycles. The van der Waals surface area contributed by atoms with Crippen LogP contribution >= 0.6 is 0 Å². The number of nitrogens with zero attached hydrogens (tertiary/aromatic N) is 1. The van der Waals surface area contributed by atoms with E-state index < -0.39 is 17.6 Å². The quantitative estimate of drug-likeness (QED) is 0.655. The Balaban J connectivity index is 1.88. The number of carbonyl (C=O) groups is 2. The summed E-state index contributed by atoms with van der Waals surface area (Å²) >= 11 is 0. The van der Waals surface area contributed by atoms with E-state index >= 15 is 0 Å². The van der Waals surface area contributed by atoms with Gasteiger partial charge in [0, 0.05) is 6.54 Å². The number of benzene rings is 2. The number of amides is 2. The van der Waals surface area contributed by atoms with E-state index in [-0.39, 0.29) is 37.0 Å². The Kier molecular flexibility index (Phi) is 7.72. The predicted molar refractivity (Wildman–Crippen MR) is 100 cm³/mol. The van der Waals surface area contributed by atoms with Crippen molar-refractivity contribution in [2.45, 2.75) is 19.6 Å². The van der Waals surface area contributed by atoms with Gasteiger partial charge in [-0.3, -0.25) is 14.5 Å². The first-order valence-corrected chi connectivity index (χ1v) is 8.88. The minimum absolute atomic E-state index is 0.105. The number of hydrogen-bond donors (Lipinski definition) is 2. The summed E-state index contributed by atoms with van der Waals surface area (Å²) in [5, 5.41) is 4.90. The van der Waals surface area contributed by atoms with Crippen molar-refractivity contribution in [2.24, 2.45) is 0 Å². The third-order valence-corrected chi connectivity index (χ3v) is 4.09. The van der Waals surface area contributed by atoms with Crippen LogP contribution in [-0.4, -0.2) is 36.3 Å². The van der Waals surface area contributed by atoms with E-state index in [0.717, 1.165) is 6.07 Å². The fourth-order valence-electron chi connectivity index (χ4n) is 2.57. The molecular formula is C20H21F4N3O2. The van der Waals surface area contributed by atoms with Gasteiger partial charge in [0.1, 0.15) is 5.82 Å². The molecule has 0 aromatic heterocycles. The van der Waals surface area contributed by atoms with Crippen LogP contribution in [0.15, 0.2) is 48.5 Å². The second-order valence-electron chi connectivity index (χ2n) is 6.30. The van der Waals surface area contributed by atoms with Crippen LogP contribution in [0.1, 0.15) is 18.1 Å². The van der Waals surface area contributed by atoms with Gasteiger partial charge in [0.2, 0.25) is 11.8 Å². The largest absolute Gasteiger partial charge is 0.418 e. The van der Waals surface area contributed by atoms with Crippen LogP contribution in [-0.2, 0) is 22.3 Å². The van der Waals surface area contributed by atoms with Crippen molar-refractivity contribution in [3.05, 3.63) is 65.5 Å². The third-order valence-electron chi connectivity index (χ3n) is 4.09. The van der Waals surface area contributed by atoms with Crippen LogP contribution in [0.4, 0.5) is 23.2 Å². The maximum atomic E-state index is 13.0. The number of nitrogens with one attached hydrogen (secondary N) is 2. The monoisotopic (exact) mass is 411 g/mol. The molecular weight excluding hydrogens is 390 g/mol. The Morgan fingerprint density at radius 1 is 0.966 bits per heavy atom. The van der Waals surface area contributed by atoms with Gasteiger partial charge >= 0.3 is 6.18 Å². The van der Waals surface area contributed by atoms with Crippen LogP contribution in [0.5, 0.6) is 0 Å². The molecule has 0 unspecified atom stereocenters. The summed E-state index contributed by atoms with van der Waals surface area (Å²) in [7, 11) is 0. The number of para-hydroxylation sites is 1. The summed E-state index contributed by atoms with van der Waals surface area (Å²) in [6, 6.07) is 10.3. The molecule has 0 saturated heterocycles. The summed E-state index contributed by atoms with van der Waals surface area (Å²) in [6.45, 7) is 1.92. The van der Waals surface area contributed by atoms with E-state index in [0.29, 0.717) is 12.1 Å². The first-order chi connectivity index (χ1) is 13.7. The SMILES string of the molecule is CCN(CC(=O)NCc1ccc(F)cc1)CC(=O)Nc1ccccc1C(F)(F)F. The molecule has 0 saturated carbocycles. The fourth-order valence-corrected chi connectivity index (χ4v) is 2.57. The number of rotatable bonds is 8. The zero-order valence-corrected chi connectivity index (χ0v) is 15.7. The highest BCUT2D eigenvalue weighted by Crippen LogP contribution is 2.34. The number of halogens is 4. The molecule has 0 radical (unpaired) electrons. The first-order valence-electron chi connectivity index (χ1n) is 8.88. The van der Waals surface area contributed by atoms with Gasteiger partial charge in [0.05, 0.1) is 24.3 Å². The molecule has 0 aliphatic heterocycles. The lowest BCUT2D eigenvalue weighted by Gasteiger charge is -2.20. The van der Waals surface area contributed by atoms with E-state index in [1.807, 2.05) is 0 Å². The van der Waals surface area contributed by atoms with Crippen LogP contribution in [0.2, 0.25) is 0 Å². The summed E-state index contributed by atoms with van der Waals surface area (Å²) in [5.74, 6) is -1.40. The van der Waals surface area contributed by atoms with E-state index in [2.05, 4.69) is 10.6 Å². The second kappa shape index (κ2) is 10.0. The molecule has 0 fully saturated rings. The average Bonchev–Trinajstić information content (AvgIpc) is 2.66. The lowest BCUT2D eigenvalue weighted by molar-refractivity contribution is -0.137. The highest BCUT2D eigenvalue weighted by atomic mass is 19.4. The van der Waals surface area contributed by atoms with Crippen LogP contribution < -0.4 is 10.6 Å². The Morgan fingerprint density at radius 3 is 2.21 bits per heavy atom. The van der Waals surface area contributed by atoms with Crippen molar-refractivity contribution in [3.8, 4) is 0 Å². The molecule has 29 heavy (non-hydrogen) atoms. The molecule has 0 bridgehead atoms.